The number of carbonyl (C=O) groups is 2. The molecule has 1 rings (SSSR count). The van der Waals surface area contributed by atoms with Crippen LogP contribution in [0.4, 0.5) is 0 Å². The number of nitrogens with one attached hydrogen (secondary N) is 1. The molecule has 0 fully saturated rings. The van der Waals surface area contributed by atoms with E-state index < -0.39 is 0 Å². The molecule has 0 aliphatic rings. The van der Waals surface area contributed by atoms with E-state index in [1.54, 1.807) is 17.0 Å². The first-order valence-corrected chi connectivity index (χ1v) is 5.73. The van der Waals surface area contributed by atoms with Gasteiger partial charge in [-0.3, -0.25) is 14.5 Å². The molecule has 0 aromatic carbocycles. The molecule has 1 aromatic heterocycles. The lowest BCUT2D eigenvalue weighted by Crippen LogP contribution is -2.39. The Labute approximate surface area is 101 Å². The molecule has 5 heteroatoms. The number of furan rings is 1. The van der Waals surface area contributed by atoms with E-state index in [1.807, 2.05) is 13.8 Å². The van der Waals surface area contributed by atoms with Crippen molar-refractivity contribution >= 4 is 11.7 Å². The number of ketones is 1. The monoisotopic (exact) mass is 238 g/mol. The molecule has 0 unspecified atom stereocenters. The van der Waals surface area contributed by atoms with Crippen LogP contribution in [-0.2, 0) is 4.79 Å². The standard InChI is InChI=1S/C12H18N2O3/c1-3-13-12(16)9-14(4-2)8-10(15)11-6-5-7-17-11/h5-7H,3-4,8-9H2,1-2H3,(H,13,16). The highest BCUT2D eigenvalue weighted by Crippen LogP contribution is 2.02. The number of hydrogen-bond acceptors (Lipinski definition) is 4. The lowest BCUT2D eigenvalue weighted by atomic mass is 10.3. The van der Waals surface area contributed by atoms with E-state index in [-0.39, 0.29) is 24.8 Å². The Kier molecular flexibility index (Phi) is 5.42. The predicted molar refractivity (Wildman–Crippen MR) is 63.8 cm³/mol. The van der Waals surface area contributed by atoms with Gasteiger partial charge in [-0.25, -0.2) is 0 Å². The fourth-order valence-electron chi connectivity index (χ4n) is 1.45. The third-order valence-electron chi connectivity index (χ3n) is 2.35. The summed E-state index contributed by atoms with van der Waals surface area (Å²) >= 11 is 0. The normalized spacial score (nSPS) is 10.5. The van der Waals surface area contributed by atoms with Gasteiger partial charge in [0.2, 0.25) is 11.7 Å². The third-order valence-corrected chi connectivity index (χ3v) is 2.35. The quantitative estimate of drug-likeness (QED) is 0.717. The van der Waals surface area contributed by atoms with Crippen molar-refractivity contribution in [2.75, 3.05) is 26.2 Å². The van der Waals surface area contributed by atoms with Crippen molar-refractivity contribution in [3.8, 4) is 0 Å². The van der Waals surface area contributed by atoms with Crippen LogP contribution >= 0.6 is 0 Å². The number of rotatable bonds is 7. The van der Waals surface area contributed by atoms with Crippen molar-refractivity contribution in [2.45, 2.75) is 13.8 Å². The molecule has 1 heterocycles. The molecule has 94 valence electrons. The summed E-state index contributed by atoms with van der Waals surface area (Å²) in [4.78, 5) is 24.9. The first kappa shape index (κ1) is 13.4. The van der Waals surface area contributed by atoms with Crippen LogP contribution in [0.15, 0.2) is 22.8 Å². The Hall–Kier alpha value is -1.62. The number of hydrogen-bond donors (Lipinski definition) is 1. The minimum Gasteiger partial charge on any atom is -0.461 e. The lowest BCUT2D eigenvalue weighted by molar-refractivity contribution is -0.121. The van der Waals surface area contributed by atoms with Gasteiger partial charge in [-0.2, -0.15) is 0 Å². The van der Waals surface area contributed by atoms with Gasteiger partial charge < -0.3 is 9.73 Å². The third kappa shape index (κ3) is 4.40. The van der Waals surface area contributed by atoms with Crippen LogP contribution in [0.25, 0.3) is 0 Å². The van der Waals surface area contributed by atoms with Crippen LogP contribution in [0, 0.1) is 0 Å². The smallest absolute Gasteiger partial charge is 0.234 e. The maximum Gasteiger partial charge on any atom is 0.234 e. The van der Waals surface area contributed by atoms with E-state index in [0.717, 1.165) is 0 Å². The highest BCUT2D eigenvalue weighted by molar-refractivity contribution is 5.95. The summed E-state index contributed by atoms with van der Waals surface area (Å²) < 4.78 is 5.02. The average molecular weight is 238 g/mol. The average Bonchev–Trinajstić information content (AvgIpc) is 2.81. The molecular weight excluding hydrogens is 220 g/mol. The molecule has 5 nitrogen and oxygen atoms in total. The van der Waals surface area contributed by atoms with Gasteiger partial charge in [0.15, 0.2) is 5.76 Å². The van der Waals surface area contributed by atoms with Crippen LogP contribution in [0.5, 0.6) is 0 Å². The van der Waals surface area contributed by atoms with Crippen molar-refractivity contribution in [3.05, 3.63) is 24.2 Å². The van der Waals surface area contributed by atoms with Gasteiger partial charge in [-0.15, -0.1) is 0 Å². The van der Waals surface area contributed by atoms with E-state index in [2.05, 4.69) is 5.32 Å². The first-order chi connectivity index (χ1) is 8.17. The maximum absolute atomic E-state index is 11.7. The second-order valence-corrected chi connectivity index (χ2v) is 3.66. The van der Waals surface area contributed by atoms with Gasteiger partial charge in [-0.05, 0) is 25.6 Å². The summed E-state index contributed by atoms with van der Waals surface area (Å²) in [7, 11) is 0. The molecule has 0 atom stereocenters. The Morgan fingerprint density at radius 2 is 2.12 bits per heavy atom. The van der Waals surface area contributed by atoms with Gasteiger partial charge in [-0.1, -0.05) is 6.92 Å². The Morgan fingerprint density at radius 3 is 2.65 bits per heavy atom. The van der Waals surface area contributed by atoms with Gasteiger partial charge in [0.05, 0.1) is 19.4 Å². The first-order valence-electron chi connectivity index (χ1n) is 5.73. The maximum atomic E-state index is 11.7. The molecule has 0 radical (unpaired) electrons. The molecule has 0 saturated heterocycles. The summed E-state index contributed by atoms with van der Waals surface area (Å²) in [6.45, 7) is 5.45. The van der Waals surface area contributed by atoms with Crippen LogP contribution in [0.3, 0.4) is 0 Å². The number of likely N-dealkylation sites (N-methyl/N-ethyl adjacent to an activating group) is 2. The highest BCUT2D eigenvalue weighted by Gasteiger charge is 2.15. The Balaban J connectivity index is 2.47. The summed E-state index contributed by atoms with van der Waals surface area (Å²) in [5, 5.41) is 2.70. The minimum atomic E-state index is -0.110. The second-order valence-electron chi connectivity index (χ2n) is 3.66. The van der Waals surface area contributed by atoms with Crippen molar-refractivity contribution in [1.29, 1.82) is 0 Å². The SMILES string of the molecule is CCNC(=O)CN(CC)CC(=O)c1ccco1. The van der Waals surface area contributed by atoms with E-state index in [4.69, 9.17) is 4.42 Å². The van der Waals surface area contributed by atoms with Crippen molar-refractivity contribution < 1.29 is 14.0 Å². The van der Waals surface area contributed by atoms with Crippen molar-refractivity contribution in [3.63, 3.8) is 0 Å². The predicted octanol–water partition coefficient (Wildman–Crippen LogP) is 0.920. The molecule has 0 aliphatic carbocycles. The molecule has 0 aliphatic heterocycles. The summed E-state index contributed by atoms with van der Waals surface area (Å²) in [5.74, 6) is 0.155. The largest absolute Gasteiger partial charge is 0.461 e. The summed E-state index contributed by atoms with van der Waals surface area (Å²) in [6, 6.07) is 3.30. The van der Waals surface area contributed by atoms with E-state index in [0.29, 0.717) is 18.8 Å². The molecular formula is C12H18N2O3. The van der Waals surface area contributed by atoms with Crippen LogP contribution in [-0.4, -0.2) is 42.8 Å². The van der Waals surface area contributed by atoms with Crippen molar-refractivity contribution in [1.82, 2.24) is 10.2 Å². The Bertz CT molecular complexity index is 360. The summed E-state index contributed by atoms with van der Waals surface area (Å²) in [6.07, 6.45) is 1.47. The van der Waals surface area contributed by atoms with Gasteiger partial charge in [0.1, 0.15) is 0 Å². The molecule has 0 saturated carbocycles. The van der Waals surface area contributed by atoms with Crippen LogP contribution in [0.2, 0.25) is 0 Å². The number of nitrogens with zero attached hydrogens (tertiary/aromatic N) is 1. The number of Topliss-reactive ketones (excluding diaryl/α,β-unsaturated/α-hetero) is 1. The molecule has 0 spiro atoms. The fraction of sp³-hybridized carbons (Fsp3) is 0.500. The lowest BCUT2D eigenvalue weighted by Gasteiger charge is -2.17. The van der Waals surface area contributed by atoms with Crippen LogP contribution < -0.4 is 5.32 Å². The zero-order chi connectivity index (χ0) is 12.7. The Morgan fingerprint density at radius 1 is 1.35 bits per heavy atom. The van der Waals surface area contributed by atoms with Crippen LogP contribution in [0.1, 0.15) is 24.4 Å². The molecule has 1 N–H and O–H groups in total. The fourth-order valence-corrected chi connectivity index (χ4v) is 1.45. The van der Waals surface area contributed by atoms with E-state index in [9.17, 15) is 9.59 Å². The molecule has 0 bridgehead atoms. The minimum absolute atomic E-state index is 0.0680. The van der Waals surface area contributed by atoms with E-state index >= 15 is 0 Å². The number of amides is 1. The number of carbonyl (C=O) groups excluding carboxylic acids is 2. The topological polar surface area (TPSA) is 62.6 Å². The second kappa shape index (κ2) is 6.85. The van der Waals surface area contributed by atoms with Gasteiger partial charge in [0, 0.05) is 6.54 Å². The molecule has 17 heavy (non-hydrogen) atoms. The van der Waals surface area contributed by atoms with Crippen molar-refractivity contribution in [2.24, 2.45) is 0 Å². The van der Waals surface area contributed by atoms with E-state index in [1.165, 1.54) is 6.26 Å². The molecule has 1 amide bonds. The zero-order valence-corrected chi connectivity index (χ0v) is 10.2. The highest BCUT2D eigenvalue weighted by atomic mass is 16.3. The van der Waals surface area contributed by atoms with Gasteiger partial charge in [0.25, 0.3) is 0 Å². The van der Waals surface area contributed by atoms with Gasteiger partial charge >= 0.3 is 0 Å². The zero-order valence-electron chi connectivity index (χ0n) is 10.2. The molecule has 1 aromatic rings. The summed E-state index contributed by atoms with van der Waals surface area (Å²) in [5.41, 5.74) is 0.